The summed E-state index contributed by atoms with van der Waals surface area (Å²) in [4.78, 5) is 51.3. The first-order valence-electron chi connectivity index (χ1n) is 13.9. The number of aryl methyl sites for hydroxylation is 2. The van der Waals surface area contributed by atoms with Gasteiger partial charge in [-0.2, -0.15) is 0 Å². The van der Waals surface area contributed by atoms with Crippen molar-refractivity contribution in [1.82, 2.24) is 14.8 Å². The van der Waals surface area contributed by atoms with Crippen LogP contribution >= 0.6 is 11.3 Å². The van der Waals surface area contributed by atoms with Crippen LogP contribution in [0.4, 0.5) is 16.2 Å². The minimum Gasteiger partial charge on any atom is -0.444 e. The summed E-state index contributed by atoms with van der Waals surface area (Å²) in [6, 6.07) is 5.24. The van der Waals surface area contributed by atoms with Gasteiger partial charge in [-0.15, -0.1) is 11.3 Å². The van der Waals surface area contributed by atoms with Crippen molar-refractivity contribution in [3.63, 3.8) is 0 Å². The number of hydrogen-bond donors (Lipinski definition) is 1. The number of nitrogens with one attached hydrogen (secondary N) is 1. The molecule has 1 N–H and O–H groups in total. The number of benzene rings is 1. The number of hydrogen-bond acceptors (Lipinski definition) is 7. The second kappa shape index (κ2) is 10.8. The maximum atomic E-state index is 14.3. The van der Waals surface area contributed by atoms with E-state index in [9.17, 15) is 14.4 Å². The Morgan fingerprint density at radius 1 is 1.05 bits per heavy atom. The number of piperazine rings is 1. The predicted octanol–water partition coefficient (Wildman–Crippen LogP) is 5.14. The van der Waals surface area contributed by atoms with Gasteiger partial charge in [0.1, 0.15) is 16.7 Å². The quantitative estimate of drug-likeness (QED) is 0.551. The fourth-order valence-corrected chi connectivity index (χ4v) is 6.15. The summed E-state index contributed by atoms with van der Waals surface area (Å²) in [7, 11) is 0. The molecule has 2 aliphatic heterocycles. The molecule has 1 aromatic heterocycles. The number of nitrogens with zero attached hydrogens (tertiary/aromatic N) is 4. The number of thiazole rings is 1. The van der Waals surface area contributed by atoms with Crippen molar-refractivity contribution in [3.05, 3.63) is 39.3 Å². The number of anilines is 2. The van der Waals surface area contributed by atoms with Crippen molar-refractivity contribution in [2.75, 3.05) is 42.9 Å². The van der Waals surface area contributed by atoms with Crippen LogP contribution in [0, 0.1) is 19.8 Å². The van der Waals surface area contributed by atoms with Crippen LogP contribution < -0.4 is 10.2 Å². The van der Waals surface area contributed by atoms with E-state index in [1.807, 2.05) is 57.7 Å². The van der Waals surface area contributed by atoms with E-state index in [-0.39, 0.29) is 29.9 Å². The zero-order valence-electron chi connectivity index (χ0n) is 23.6. The third-order valence-corrected chi connectivity index (χ3v) is 8.69. The van der Waals surface area contributed by atoms with Gasteiger partial charge in [0, 0.05) is 42.7 Å². The molecule has 10 heteroatoms. The predicted molar refractivity (Wildman–Crippen MR) is 152 cm³/mol. The van der Waals surface area contributed by atoms with Gasteiger partial charge >= 0.3 is 6.09 Å². The average molecular weight is 554 g/mol. The Bertz CT molecular complexity index is 1240. The molecule has 0 spiro atoms. The van der Waals surface area contributed by atoms with Crippen molar-refractivity contribution in [2.45, 2.75) is 71.9 Å². The zero-order chi connectivity index (χ0) is 27.9. The lowest BCUT2D eigenvalue weighted by Crippen LogP contribution is -2.53. The van der Waals surface area contributed by atoms with E-state index in [1.54, 1.807) is 16.2 Å². The fraction of sp³-hybridized carbons (Fsp3) is 0.586. The highest BCUT2D eigenvalue weighted by Gasteiger charge is 2.38. The molecule has 5 rings (SSSR count). The highest BCUT2D eigenvalue weighted by molar-refractivity contribution is 7.11. The molecule has 3 fully saturated rings. The molecule has 39 heavy (non-hydrogen) atoms. The van der Waals surface area contributed by atoms with E-state index in [4.69, 9.17) is 9.72 Å². The molecule has 3 amide bonds. The topological polar surface area (TPSA) is 95.1 Å². The van der Waals surface area contributed by atoms with Gasteiger partial charge in [-0.25, -0.2) is 9.78 Å². The Labute approximate surface area is 234 Å². The molecule has 0 radical (unpaired) electrons. The molecule has 2 saturated heterocycles. The van der Waals surface area contributed by atoms with Crippen molar-refractivity contribution in [3.8, 4) is 0 Å². The third kappa shape index (κ3) is 6.21. The standard InChI is InChI=1S/C29H39N5O4S/c1-18-19(2)39-26(30-18)24-17-33(28(37)38-29(3,4)5)14-15-34(24)27(36)22-11-10-21(31-25(35)20-8-9-20)16-23(22)32-12-6-7-13-32/h10-11,16,20,24H,6-9,12-15,17H2,1-5H3,(H,31,35). The summed E-state index contributed by atoms with van der Waals surface area (Å²) in [5.74, 6) is 0.0689. The van der Waals surface area contributed by atoms with Crippen molar-refractivity contribution in [2.24, 2.45) is 5.92 Å². The SMILES string of the molecule is Cc1nc(C2CN(C(=O)OC(C)(C)C)CCN2C(=O)c2ccc(NC(=O)C3CC3)cc2N2CCCC2)sc1C. The van der Waals surface area contributed by atoms with Gasteiger partial charge in [0.15, 0.2) is 0 Å². The Morgan fingerprint density at radius 2 is 1.77 bits per heavy atom. The highest BCUT2D eigenvalue weighted by atomic mass is 32.1. The van der Waals surface area contributed by atoms with Crippen molar-refractivity contribution < 1.29 is 19.1 Å². The molecule has 3 heterocycles. The fourth-order valence-electron chi connectivity index (χ4n) is 5.12. The molecule has 1 unspecified atom stereocenters. The third-order valence-electron chi connectivity index (χ3n) is 7.51. The lowest BCUT2D eigenvalue weighted by atomic mass is 10.1. The number of rotatable bonds is 5. The van der Waals surface area contributed by atoms with Gasteiger partial charge in [0.25, 0.3) is 5.91 Å². The van der Waals surface area contributed by atoms with E-state index in [0.717, 1.165) is 65.7 Å². The minimum absolute atomic E-state index is 0.0503. The van der Waals surface area contributed by atoms with Gasteiger partial charge in [-0.1, -0.05) is 0 Å². The Balaban J connectivity index is 1.45. The molecular weight excluding hydrogens is 514 g/mol. The second-order valence-corrected chi connectivity index (χ2v) is 13.1. The largest absolute Gasteiger partial charge is 0.444 e. The second-order valence-electron chi connectivity index (χ2n) is 11.8. The summed E-state index contributed by atoms with van der Waals surface area (Å²) in [6.07, 6.45) is 3.64. The molecule has 1 aliphatic carbocycles. The molecule has 1 atom stereocenters. The summed E-state index contributed by atoms with van der Waals surface area (Å²) in [5.41, 5.74) is 2.52. The number of ether oxygens (including phenoxy) is 1. The normalized spacial score (nSPS) is 19.8. The van der Waals surface area contributed by atoms with Gasteiger partial charge < -0.3 is 24.8 Å². The smallest absolute Gasteiger partial charge is 0.410 e. The van der Waals surface area contributed by atoms with Crippen molar-refractivity contribution in [1.29, 1.82) is 0 Å². The number of carbonyl (C=O) groups is 3. The monoisotopic (exact) mass is 553 g/mol. The van der Waals surface area contributed by atoms with Gasteiger partial charge in [-0.05, 0) is 78.5 Å². The summed E-state index contributed by atoms with van der Waals surface area (Å²) >= 11 is 1.57. The zero-order valence-corrected chi connectivity index (χ0v) is 24.4. The first-order valence-corrected chi connectivity index (χ1v) is 14.7. The van der Waals surface area contributed by atoms with Gasteiger partial charge in [-0.3, -0.25) is 9.59 Å². The van der Waals surface area contributed by atoms with Crippen LogP contribution in [0.15, 0.2) is 18.2 Å². The van der Waals surface area contributed by atoms with Crippen LogP contribution in [0.5, 0.6) is 0 Å². The summed E-state index contributed by atoms with van der Waals surface area (Å²) in [6.45, 7) is 12.4. The number of aromatic nitrogens is 1. The number of carbonyl (C=O) groups excluding carboxylic acids is 3. The first-order chi connectivity index (χ1) is 18.5. The van der Waals surface area contributed by atoms with Gasteiger partial charge in [0.05, 0.1) is 23.5 Å². The summed E-state index contributed by atoms with van der Waals surface area (Å²) < 4.78 is 5.65. The first kappa shape index (κ1) is 27.4. The summed E-state index contributed by atoms with van der Waals surface area (Å²) in [5, 5.41) is 3.86. The Kier molecular flexibility index (Phi) is 7.59. The van der Waals surface area contributed by atoms with Crippen LogP contribution in [0.25, 0.3) is 0 Å². The molecule has 0 bridgehead atoms. The number of amides is 3. The van der Waals surface area contributed by atoms with Crippen LogP contribution in [0.3, 0.4) is 0 Å². The van der Waals surface area contributed by atoms with Crippen LogP contribution in [0.1, 0.15) is 78.4 Å². The lowest BCUT2D eigenvalue weighted by Gasteiger charge is -2.41. The van der Waals surface area contributed by atoms with Crippen LogP contribution in [-0.2, 0) is 9.53 Å². The Hall–Kier alpha value is -3.14. The minimum atomic E-state index is -0.602. The molecule has 3 aliphatic rings. The average Bonchev–Trinajstić information content (AvgIpc) is 3.49. The van der Waals surface area contributed by atoms with E-state index < -0.39 is 5.60 Å². The molecule has 1 aromatic carbocycles. The molecule has 210 valence electrons. The maximum Gasteiger partial charge on any atom is 0.410 e. The lowest BCUT2D eigenvalue weighted by molar-refractivity contribution is -0.117. The van der Waals surface area contributed by atoms with Gasteiger partial charge in [0.2, 0.25) is 5.91 Å². The molecular formula is C29H39N5O4S. The maximum absolute atomic E-state index is 14.3. The van der Waals surface area contributed by atoms with E-state index in [0.29, 0.717) is 25.2 Å². The Morgan fingerprint density at radius 3 is 2.38 bits per heavy atom. The van der Waals surface area contributed by atoms with E-state index in [2.05, 4.69) is 10.2 Å². The highest BCUT2D eigenvalue weighted by Crippen LogP contribution is 2.36. The van der Waals surface area contributed by atoms with Crippen LogP contribution in [0.2, 0.25) is 0 Å². The van der Waals surface area contributed by atoms with E-state index in [1.165, 1.54) is 0 Å². The van der Waals surface area contributed by atoms with Crippen LogP contribution in [-0.4, -0.2) is 71.0 Å². The molecule has 1 saturated carbocycles. The van der Waals surface area contributed by atoms with E-state index >= 15 is 0 Å². The van der Waals surface area contributed by atoms with Crippen molar-refractivity contribution >= 4 is 40.6 Å². The molecule has 2 aromatic rings. The molecule has 9 nitrogen and oxygen atoms in total.